The Morgan fingerprint density at radius 1 is 0.920 bits per heavy atom. The zero-order valence-corrected chi connectivity index (χ0v) is 16.4. The fourth-order valence-electron chi connectivity index (χ4n) is 4.26. The van der Waals surface area contributed by atoms with Crippen LogP contribution < -0.4 is 10.4 Å². The zero-order valence-electron chi connectivity index (χ0n) is 15.4. The second-order valence-electron chi connectivity index (χ2n) is 8.21. The monoisotopic (exact) mass is 354 g/mol. The Balaban J connectivity index is 1.83. The van der Waals surface area contributed by atoms with E-state index >= 15 is 0 Å². The Labute approximate surface area is 152 Å². The zero-order chi connectivity index (χ0) is 17.9. The summed E-state index contributed by atoms with van der Waals surface area (Å²) in [6.45, 7) is 4.46. The Hall–Kier alpha value is -1.42. The minimum atomic E-state index is -2.86. The van der Waals surface area contributed by atoms with Gasteiger partial charge in [-0.15, -0.1) is 0 Å². The summed E-state index contributed by atoms with van der Waals surface area (Å²) in [5, 5.41) is 11.5. The van der Waals surface area contributed by atoms with Gasteiger partial charge in [0.05, 0.1) is 6.10 Å². The van der Waals surface area contributed by atoms with E-state index in [4.69, 9.17) is 0 Å². The highest BCUT2D eigenvalue weighted by atomic mass is 28.4. The molecule has 0 saturated heterocycles. The van der Waals surface area contributed by atoms with E-state index in [2.05, 4.69) is 38.1 Å². The van der Waals surface area contributed by atoms with Crippen LogP contribution in [-0.2, 0) is 0 Å². The molecule has 0 atom stereocenters. The number of benzene rings is 2. The summed E-state index contributed by atoms with van der Waals surface area (Å²) in [6, 6.07) is 20.5. The molecule has 25 heavy (non-hydrogen) atoms. The summed E-state index contributed by atoms with van der Waals surface area (Å²) in [4.78, 5) is 12.1. The quantitative estimate of drug-likeness (QED) is 0.748. The Kier molecular flexibility index (Phi) is 5.47. The molecule has 2 nitrogen and oxygen atoms in total. The van der Waals surface area contributed by atoms with E-state index in [9.17, 15) is 9.90 Å². The molecule has 134 valence electrons. The lowest BCUT2D eigenvalue weighted by Gasteiger charge is -2.42. The molecule has 0 bridgehead atoms. The highest BCUT2D eigenvalue weighted by molar-refractivity contribution is 6.98. The molecule has 0 radical (unpaired) electrons. The van der Waals surface area contributed by atoms with Gasteiger partial charge in [0, 0.05) is 0 Å². The Morgan fingerprint density at radius 3 is 1.84 bits per heavy atom. The lowest BCUT2D eigenvalue weighted by molar-refractivity contribution is 0.0377. The van der Waals surface area contributed by atoms with Crippen molar-refractivity contribution in [3.8, 4) is 0 Å². The predicted molar refractivity (Wildman–Crippen MR) is 107 cm³/mol. The molecule has 1 aliphatic rings. The second kappa shape index (κ2) is 7.44. The molecule has 0 aliphatic heterocycles. The van der Waals surface area contributed by atoms with Crippen molar-refractivity contribution < 1.29 is 9.90 Å². The molecule has 2 N–H and O–H groups in total. The maximum absolute atomic E-state index is 12.1. The van der Waals surface area contributed by atoms with Crippen molar-refractivity contribution in [2.45, 2.75) is 57.1 Å². The van der Waals surface area contributed by atoms with E-state index in [1.54, 1.807) is 0 Å². The molecule has 1 fully saturated rings. The number of rotatable bonds is 7. The van der Waals surface area contributed by atoms with Crippen LogP contribution in [0.25, 0.3) is 0 Å². The summed E-state index contributed by atoms with van der Waals surface area (Å²) in [7, 11) is -2.86. The van der Waals surface area contributed by atoms with Gasteiger partial charge >= 0.3 is 0 Å². The van der Waals surface area contributed by atoms with Crippen molar-refractivity contribution in [3.63, 3.8) is 0 Å². The van der Waals surface area contributed by atoms with Crippen LogP contribution in [0.5, 0.6) is 0 Å². The van der Waals surface area contributed by atoms with Crippen molar-refractivity contribution in [1.82, 2.24) is 0 Å². The molecule has 1 aliphatic carbocycles. The Bertz CT molecular complexity index is 623. The van der Waals surface area contributed by atoms with Gasteiger partial charge in [-0.2, -0.15) is 0 Å². The van der Waals surface area contributed by atoms with Crippen molar-refractivity contribution >= 4 is 18.7 Å². The van der Waals surface area contributed by atoms with Gasteiger partial charge in [-0.3, -0.25) is 0 Å². The van der Waals surface area contributed by atoms with E-state index in [-0.39, 0.29) is 11.1 Å². The molecule has 3 heteroatoms. The van der Waals surface area contributed by atoms with Crippen molar-refractivity contribution in [2.75, 3.05) is 0 Å². The van der Waals surface area contributed by atoms with Crippen LogP contribution in [0.4, 0.5) is 0 Å². The number of aliphatic hydroxyl groups is 1. The summed E-state index contributed by atoms with van der Waals surface area (Å²) < 4.78 is 0. The minimum Gasteiger partial charge on any atom is -0.424 e. The van der Waals surface area contributed by atoms with Crippen LogP contribution in [0.15, 0.2) is 60.7 Å². The lowest BCUT2D eigenvalue weighted by atomic mass is 9.79. The largest absolute Gasteiger partial charge is 0.424 e. The third-order valence-electron chi connectivity index (χ3n) is 5.99. The van der Waals surface area contributed by atoms with E-state index < -0.39 is 8.32 Å². The van der Waals surface area contributed by atoms with Crippen molar-refractivity contribution in [1.29, 1.82) is 0 Å². The maximum atomic E-state index is 12.1. The molecule has 1 saturated carbocycles. The molecular weight excluding hydrogens is 324 g/mol. The predicted octanol–water partition coefficient (Wildman–Crippen LogP) is 3.46. The van der Waals surface area contributed by atoms with E-state index in [1.807, 2.05) is 36.4 Å². The molecule has 0 amide bonds. The summed E-state index contributed by atoms with van der Waals surface area (Å²) in [6.07, 6.45) is 5.12. The fourth-order valence-corrected chi connectivity index (χ4v) is 8.04. The average molecular weight is 355 g/mol. The number of aliphatic hydroxyl groups excluding tert-OH is 1. The second-order valence-corrected chi connectivity index (χ2v) is 12.1. The van der Waals surface area contributed by atoms with Crippen LogP contribution in [-0.4, -0.2) is 24.3 Å². The van der Waals surface area contributed by atoms with Crippen LogP contribution in [0.1, 0.15) is 46.0 Å². The van der Waals surface area contributed by atoms with E-state index in [0.29, 0.717) is 5.92 Å². The van der Waals surface area contributed by atoms with Gasteiger partial charge < -0.3 is 9.90 Å². The van der Waals surface area contributed by atoms with E-state index in [1.165, 1.54) is 0 Å². The Morgan fingerprint density at radius 2 is 1.40 bits per heavy atom. The standard InChI is InChI=1S/C22H30O2Si/c1-22(2,15-9-10-18-16-19(23)17-18)25(24,20-11-5-3-6-12-20)21-13-7-4-8-14-21/h3-8,11-14,18-19,23-24H,9-10,15-17H2,1-2H3. The van der Waals surface area contributed by atoms with Crippen LogP contribution in [0.3, 0.4) is 0 Å². The van der Waals surface area contributed by atoms with Gasteiger partial charge in [-0.05, 0) is 40.6 Å². The maximum Gasteiger partial charge on any atom is 0.258 e. The average Bonchev–Trinajstić information content (AvgIpc) is 2.60. The van der Waals surface area contributed by atoms with Crippen LogP contribution >= 0.6 is 0 Å². The van der Waals surface area contributed by atoms with Crippen molar-refractivity contribution in [2.24, 2.45) is 5.92 Å². The summed E-state index contributed by atoms with van der Waals surface area (Å²) in [5.41, 5.74) is 0. The van der Waals surface area contributed by atoms with Gasteiger partial charge in [-0.25, -0.2) is 0 Å². The summed E-state index contributed by atoms with van der Waals surface area (Å²) >= 11 is 0. The molecule has 0 spiro atoms. The molecular formula is C22H30O2Si. The minimum absolute atomic E-state index is 0.0713. The third kappa shape index (κ3) is 3.74. The highest BCUT2D eigenvalue weighted by Gasteiger charge is 2.49. The van der Waals surface area contributed by atoms with Gasteiger partial charge in [0.25, 0.3) is 8.32 Å². The first-order valence-electron chi connectivity index (χ1n) is 9.45. The van der Waals surface area contributed by atoms with E-state index in [0.717, 1.165) is 42.5 Å². The van der Waals surface area contributed by atoms with Crippen LogP contribution in [0.2, 0.25) is 5.04 Å². The SMILES string of the molecule is CC(C)(CCCC1CC(O)C1)[Si](O)(c1ccccc1)c1ccccc1. The number of hydrogen-bond acceptors (Lipinski definition) is 2. The summed E-state index contributed by atoms with van der Waals surface area (Å²) in [5.74, 6) is 0.675. The van der Waals surface area contributed by atoms with Crippen molar-refractivity contribution in [3.05, 3.63) is 60.7 Å². The number of hydrogen-bond donors (Lipinski definition) is 2. The first-order chi connectivity index (χ1) is 11.9. The molecule has 0 heterocycles. The molecule has 3 rings (SSSR count). The van der Waals surface area contributed by atoms with Gasteiger partial charge in [-0.1, -0.05) is 87.4 Å². The topological polar surface area (TPSA) is 40.5 Å². The van der Waals surface area contributed by atoms with Gasteiger partial charge in [0.15, 0.2) is 0 Å². The molecule has 0 aromatic heterocycles. The first kappa shape index (κ1) is 18.4. The molecule has 2 aromatic carbocycles. The third-order valence-corrected chi connectivity index (χ3v) is 10.5. The smallest absolute Gasteiger partial charge is 0.258 e. The van der Waals surface area contributed by atoms with Crippen LogP contribution in [0, 0.1) is 5.92 Å². The van der Waals surface area contributed by atoms with Gasteiger partial charge in [0.1, 0.15) is 0 Å². The van der Waals surface area contributed by atoms with Gasteiger partial charge in [0.2, 0.25) is 0 Å². The highest BCUT2D eigenvalue weighted by Crippen LogP contribution is 2.42. The molecule has 2 aromatic rings. The fraction of sp³-hybridized carbons (Fsp3) is 0.455. The normalized spacial score (nSPS) is 21.0. The molecule has 0 unspecified atom stereocenters. The lowest BCUT2D eigenvalue weighted by Crippen LogP contribution is -2.65. The first-order valence-corrected chi connectivity index (χ1v) is 11.4.